The van der Waals surface area contributed by atoms with Gasteiger partial charge in [0, 0.05) is 5.69 Å². The zero-order valence-electron chi connectivity index (χ0n) is 11.5. The molecule has 0 saturated carbocycles. The highest BCUT2D eigenvalue weighted by atomic mass is 19.1. The van der Waals surface area contributed by atoms with Gasteiger partial charge in [0.15, 0.2) is 11.6 Å². The molecule has 0 radical (unpaired) electrons. The van der Waals surface area contributed by atoms with E-state index in [2.05, 4.69) is 15.0 Å². The minimum Gasteiger partial charge on any atom is -0.483 e. The topological polar surface area (TPSA) is 50.8 Å². The van der Waals surface area contributed by atoms with E-state index in [1.165, 1.54) is 6.07 Å². The number of para-hydroxylation sites is 1. The molecule has 0 spiro atoms. The zero-order valence-corrected chi connectivity index (χ0v) is 11.5. The minimum absolute atomic E-state index is 0.173. The number of hydrogen-bond acceptors (Lipinski definition) is 3. The number of aromatic amines is 1. The molecule has 0 amide bonds. The van der Waals surface area contributed by atoms with Gasteiger partial charge < -0.3 is 9.72 Å². The largest absolute Gasteiger partial charge is 0.483 e. The molecule has 0 saturated heterocycles. The third-order valence-corrected chi connectivity index (χ3v) is 2.99. The lowest BCUT2D eigenvalue weighted by atomic mass is 10.2. The Bertz CT molecular complexity index is 755. The van der Waals surface area contributed by atoms with Crippen LogP contribution in [0, 0.1) is 12.7 Å². The van der Waals surface area contributed by atoms with E-state index in [0.717, 1.165) is 17.1 Å². The summed E-state index contributed by atoms with van der Waals surface area (Å²) in [6.07, 6.45) is 1.70. The quantitative estimate of drug-likeness (QED) is 0.797. The lowest BCUT2D eigenvalue weighted by Gasteiger charge is -2.04. The van der Waals surface area contributed by atoms with Gasteiger partial charge in [-0.25, -0.2) is 9.37 Å². The van der Waals surface area contributed by atoms with Crippen LogP contribution in [-0.4, -0.2) is 15.0 Å². The van der Waals surface area contributed by atoms with Crippen LogP contribution in [0.3, 0.4) is 0 Å². The van der Waals surface area contributed by atoms with Crippen LogP contribution >= 0.6 is 0 Å². The van der Waals surface area contributed by atoms with Crippen molar-refractivity contribution >= 4 is 0 Å². The molecule has 3 rings (SSSR count). The summed E-state index contributed by atoms with van der Waals surface area (Å²) in [5, 5.41) is 0. The number of imidazole rings is 1. The van der Waals surface area contributed by atoms with Crippen molar-refractivity contribution in [2.75, 3.05) is 0 Å². The molecule has 106 valence electrons. The van der Waals surface area contributed by atoms with Gasteiger partial charge in [0.2, 0.25) is 0 Å². The predicted octanol–water partition coefficient (Wildman–Crippen LogP) is 3.50. The van der Waals surface area contributed by atoms with Gasteiger partial charge >= 0.3 is 0 Å². The number of nitrogens with zero attached hydrogens (tertiary/aromatic N) is 2. The molecule has 0 fully saturated rings. The van der Waals surface area contributed by atoms with Gasteiger partial charge in [0.25, 0.3) is 0 Å². The number of benzene rings is 1. The maximum atomic E-state index is 13.4. The molecular formula is C16H14FN3O. The van der Waals surface area contributed by atoms with Gasteiger partial charge in [-0.2, -0.15) is 0 Å². The summed E-state index contributed by atoms with van der Waals surface area (Å²) in [6, 6.07) is 12.1. The van der Waals surface area contributed by atoms with Crippen LogP contribution in [-0.2, 0) is 6.61 Å². The fourth-order valence-electron chi connectivity index (χ4n) is 1.97. The van der Waals surface area contributed by atoms with Crippen molar-refractivity contribution in [3.8, 4) is 17.1 Å². The Morgan fingerprint density at radius 3 is 2.81 bits per heavy atom. The average molecular weight is 283 g/mol. The fourth-order valence-corrected chi connectivity index (χ4v) is 1.97. The Kier molecular flexibility index (Phi) is 3.64. The first-order valence-electron chi connectivity index (χ1n) is 6.57. The van der Waals surface area contributed by atoms with Crippen molar-refractivity contribution < 1.29 is 9.13 Å². The number of aromatic nitrogens is 3. The Hall–Kier alpha value is -2.69. The number of halogens is 1. The fraction of sp³-hybridized carbons (Fsp3) is 0.125. The van der Waals surface area contributed by atoms with Crippen molar-refractivity contribution in [2.24, 2.45) is 0 Å². The summed E-state index contributed by atoms with van der Waals surface area (Å²) < 4.78 is 18.8. The summed E-state index contributed by atoms with van der Waals surface area (Å²) in [5.41, 5.74) is 2.57. The molecule has 3 aromatic rings. The van der Waals surface area contributed by atoms with E-state index < -0.39 is 0 Å². The van der Waals surface area contributed by atoms with E-state index in [1.54, 1.807) is 24.4 Å². The molecule has 0 atom stereocenters. The standard InChI is InChI=1S/C16H14FN3O/c1-11-5-4-7-13(19-11)14-9-18-16(20-14)10-21-15-8-3-2-6-12(15)17/h2-9H,10H2,1H3,(H,18,20). The summed E-state index contributed by atoms with van der Waals surface area (Å²) in [6.45, 7) is 2.11. The van der Waals surface area contributed by atoms with Crippen molar-refractivity contribution in [3.63, 3.8) is 0 Å². The summed E-state index contributed by atoms with van der Waals surface area (Å²) in [5.74, 6) is 0.449. The maximum absolute atomic E-state index is 13.4. The monoisotopic (exact) mass is 283 g/mol. The highest BCUT2D eigenvalue weighted by Gasteiger charge is 2.07. The molecule has 0 bridgehead atoms. The van der Waals surface area contributed by atoms with Gasteiger partial charge in [0.1, 0.15) is 12.4 Å². The number of ether oxygens (including phenoxy) is 1. The summed E-state index contributed by atoms with van der Waals surface area (Å²) >= 11 is 0. The summed E-state index contributed by atoms with van der Waals surface area (Å²) in [4.78, 5) is 11.8. The Balaban J connectivity index is 1.72. The number of pyridine rings is 1. The molecule has 1 N–H and O–H groups in total. The molecule has 0 aliphatic heterocycles. The van der Waals surface area contributed by atoms with Gasteiger partial charge in [-0.15, -0.1) is 0 Å². The van der Waals surface area contributed by atoms with Crippen molar-refractivity contribution in [1.82, 2.24) is 15.0 Å². The number of H-pyrrole nitrogens is 1. The van der Waals surface area contributed by atoms with Gasteiger partial charge in [0.05, 0.1) is 17.6 Å². The third kappa shape index (κ3) is 3.08. The van der Waals surface area contributed by atoms with E-state index in [-0.39, 0.29) is 18.2 Å². The minimum atomic E-state index is -0.385. The molecule has 0 unspecified atom stereocenters. The van der Waals surface area contributed by atoms with E-state index in [0.29, 0.717) is 5.82 Å². The van der Waals surface area contributed by atoms with E-state index >= 15 is 0 Å². The molecule has 5 heteroatoms. The van der Waals surface area contributed by atoms with Crippen LogP contribution in [0.15, 0.2) is 48.7 Å². The van der Waals surface area contributed by atoms with Crippen LogP contribution in [0.1, 0.15) is 11.5 Å². The van der Waals surface area contributed by atoms with E-state index in [4.69, 9.17) is 4.74 Å². The van der Waals surface area contributed by atoms with Crippen LogP contribution in [0.25, 0.3) is 11.4 Å². The molecule has 0 aliphatic rings. The van der Waals surface area contributed by atoms with Gasteiger partial charge in [-0.05, 0) is 31.2 Å². The van der Waals surface area contributed by atoms with Crippen molar-refractivity contribution in [2.45, 2.75) is 13.5 Å². The predicted molar refractivity (Wildman–Crippen MR) is 77.3 cm³/mol. The van der Waals surface area contributed by atoms with E-state index in [1.807, 2.05) is 25.1 Å². The second-order valence-electron chi connectivity index (χ2n) is 4.63. The second kappa shape index (κ2) is 5.75. The normalized spacial score (nSPS) is 10.6. The number of rotatable bonds is 4. The average Bonchev–Trinajstić information content (AvgIpc) is 2.95. The molecule has 0 aliphatic carbocycles. The Morgan fingerprint density at radius 2 is 2.00 bits per heavy atom. The first kappa shape index (κ1) is 13.3. The van der Waals surface area contributed by atoms with Gasteiger partial charge in [-0.1, -0.05) is 18.2 Å². The Labute approximate surface area is 121 Å². The lowest BCUT2D eigenvalue weighted by molar-refractivity contribution is 0.282. The van der Waals surface area contributed by atoms with Crippen LogP contribution < -0.4 is 4.74 Å². The number of nitrogens with one attached hydrogen (secondary N) is 1. The molecule has 2 heterocycles. The zero-order chi connectivity index (χ0) is 14.7. The van der Waals surface area contributed by atoms with Crippen molar-refractivity contribution in [1.29, 1.82) is 0 Å². The second-order valence-corrected chi connectivity index (χ2v) is 4.63. The van der Waals surface area contributed by atoms with Crippen LogP contribution in [0.2, 0.25) is 0 Å². The van der Waals surface area contributed by atoms with Gasteiger partial charge in [-0.3, -0.25) is 4.98 Å². The molecule has 21 heavy (non-hydrogen) atoms. The number of aryl methyl sites for hydroxylation is 1. The highest BCUT2D eigenvalue weighted by molar-refractivity contribution is 5.53. The maximum Gasteiger partial charge on any atom is 0.165 e. The first-order valence-corrected chi connectivity index (χ1v) is 6.57. The summed E-state index contributed by atoms with van der Waals surface area (Å²) in [7, 11) is 0. The SMILES string of the molecule is Cc1cccc(-c2cnc(COc3ccccc3F)[nH]2)n1. The van der Waals surface area contributed by atoms with Crippen molar-refractivity contribution in [3.05, 3.63) is 66.0 Å². The lowest BCUT2D eigenvalue weighted by Crippen LogP contribution is -1.99. The molecule has 1 aromatic carbocycles. The molecular weight excluding hydrogens is 269 g/mol. The third-order valence-electron chi connectivity index (χ3n) is 2.99. The van der Waals surface area contributed by atoms with Crippen LogP contribution in [0.4, 0.5) is 4.39 Å². The van der Waals surface area contributed by atoms with Crippen LogP contribution in [0.5, 0.6) is 5.75 Å². The first-order chi connectivity index (χ1) is 10.2. The Morgan fingerprint density at radius 1 is 1.14 bits per heavy atom. The molecule has 4 nitrogen and oxygen atoms in total. The van der Waals surface area contributed by atoms with E-state index in [9.17, 15) is 4.39 Å². The highest BCUT2D eigenvalue weighted by Crippen LogP contribution is 2.18. The molecule has 2 aromatic heterocycles. The number of hydrogen-bond donors (Lipinski definition) is 1. The smallest absolute Gasteiger partial charge is 0.165 e.